The van der Waals surface area contributed by atoms with Gasteiger partial charge in [-0.25, -0.2) is 13.9 Å². The molecular formula is C13H12FN5O3. The Kier molecular flexibility index (Phi) is 3.32. The molecule has 1 aromatic carbocycles. The van der Waals surface area contributed by atoms with Crippen molar-refractivity contribution >= 4 is 11.9 Å². The molecule has 1 unspecified atom stereocenters. The maximum atomic E-state index is 14.0. The fourth-order valence-electron chi connectivity index (χ4n) is 2.36. The quantitative estimate of drug-likeness (QED) is 0.875. The minimum absolute atomic E-state index is 0.0662. The number of nitrogens with zero attached hydrogens (tertiary/aromatic N) is 5. The number of carboxylic acids is 1. The fourth-order valence-corrected chi connectivity index (χ4v) is 2.36. The Morgan fingerprint density at radius 1 is 1.36 bits per heavy atom. The molecule has 22 heavy (non-hydrogen) atoms. The number of aromatic nitrogens is 4. The molecule has 0 spiro atoms. The van der Waals surface area contributed by atoms with Crippen molar-refractivity contribution in [3.8, 4) is 5.69 Å². The van der Waals surface area contributed by atoms with E-state index in [1.807, 2.05) is 0 Å². The predicted octanol–water partition coefficient (Wildman–Crippen LogP) is 0.301. The lowest BCUT2D eigenvalue weighted by Crippen LogP contribution is -2.38. The highest BCUT2D eigenvalue weighted by atomic mass is 19.1. The number of carbonyl (C=O) groups excluding carboxylic acids is 1. The van der Waals surface area contributed by atoms with Gasteiger partial charge in [0.15, 0.2) is 0 Å². The van der Waals surface area contributed by atoms with Gasteiger partial charge in [0.2, 0.25) is 5.67 Å². The SMILES string of the molecule is O=C(c1cccc(-n2cnnn2)c1)N1CCC(F)(C(=O)O)C1. The molecule has 1 fully saturated rings. The fraction of sp³-hybridized carbons (Fsp3) is 0.308. The maximum Gasteiger partial charge on any atom is 0.343 e. The molecule has 0 saturated carbocycles. The molecule has 1 saturated heterocycles. The van der Waals surface area contributed by atoms with Gasteiger partial charge in [-0.05, 0) is 28.6 Å². The van der Waals surface area contributed by atoms with Gasteiger partial charge in [0.1, 0.15) is 6.33 Å². The molecule has 1 aliphatic heterocycles. The first-order valence-corrected chi connectivity index (χ1v) is 6.55. The second-order valence-corrected chi connectivity index (χ2v) is 5.05. The molecule has 8 nitrogen and oxygen atoms in total. The number of benzene rings is 1. The van der Waals surface area contributed by atoms with Crippen LogP contribution in [0.5, 0.6) is 0 Å². The largest absolute Gasteiger partial charge is 0.479 e. The van der Waals surface area contributed by atoms with Gasteiger partial charge < -0.3 is 10.0 Å². The van der Waals surface area contributed by atoms with Gasteiger partial charge in [0.05, 0.1) is 12.2 Å². The molecule has 3 rings (SSSR count). The molecule has 9 heteroatoms. The van der Waals surface area contributed by atoms with E-state index in [0.29, 0.717) is 11.3 Å². The number of hydrogen-bond acceptors (Lipinski definition) is 5. The minimum atomic E-state index is -2.37. The zero-order valence-electron chi connectivity index (χ0n) is 11.4. The molecule has 0 aliphatic carbocycles. The van der Waals surface area contributed by atoms with Crippen molar-refractivity contribution in [1.82, 2.24) is 25.1 Å². The lowest BCUT2D eigenvalue weighted by atomic mass is 10.1. The van der Waals surface area contributed by atoms with Crippen molar-refractivity contribution in [2.75, 3.05) is 13.1 Å². The standard InChI is InChI=1S/C13H12FN5O3/c14-13(12(21)22)4-5-18(7-13)11(20)9-2-1-3-10(6-9)19-8-15-16-17-19/h1-3,6,8H,4-5,7H2,(H,21,22). The smallest absolute Gasteiger partial charge is 0.343 e. The van der Waals surface area contributed by atoms with Crippen LogP contribution in [0, 0.1) is 0 Å². The van der Waals surface area contributed by atoms with Crippen LogP contribution in [0.25, 0.3) is 5.69 Å². The molecule has 0 radical (unpaired) electrons. The van der Waals surface area contributed by atoms with E-state index in [0.717, 1.165) is 0 Å². The number of hydrogen-bond donors (Lipinski definition) is 1. The first-order valence-electron chi connectivity index (χ1n) is 6.55. The van der Waals surface area contributed by atoms with Crippen LogP contribution in [0.2, 0.25) is 0 Å². The number of carbonyl (C=O) groups is 2. The van der Waals surface area contributed by atoms with Crippen molar-refractivity contribution in [3.05, 3.63) is 36.2 Å². The van der Waals surface area contributed by atoms with Crippen molar-refractivity contribution in [2.24, 2.45) is 0 Å². The maximum absolute atomic E-state index is 14.0. The molecule has 1 aromatic heterocycles. The molecule has 1 atom stereocenters. The first kappa shape index (κ1) is 14.1. The second-order valence-electron chi connectivity index (χ2n) is 5.05. The van der Waals surface area contributed by atoms with E-state index in [1.165, 1.54) is 15.9 Å². The lowest BCUT2D eigenvalue weighted by molar-refractivity contribution is -0.149. The summed E-state index contributed by atoms with van der Waals surface area (Å²) >= 11 is 0. The average molecular weight is 305 g/mol. The van der Waals surface area contributed by atoms with E-state index in [1.54, 1.807) is 24.3 Å². The number of rotatable bonds is 3. The molecular weight excluding hydrogens is 293 g/mol. The van der Waals surface area contributed by atoms with Gasteiger partial charge in [-0.3, -0.25) is 4.79 Å². The highest BCUT2D eigenvalue weighted by Gasteiger charge is 2.46. The van der Waals surface area contributed by atoms with Gasteiger partial charge in [-0.1, -0.05) is 6.07 Å². The van der Waals surface area contributed by atoms with Crippen molar-refractivity contribution < 1.29 is 19.1 Å². The van der Waals surface area contributed by atoms with Crippen LogP contribution in [0.15, 0.2) is 30.6 Å². The normalized spacial score (nSPS) is 21.0. The van der Waals surface area contributed by atoms with E-state index >= 15 is 0 Å². The van der Waals surface area contributed by atoms with Gasteiger partial charge in [0.25, 0.3) is 5.91 Å². The van der Waals surface area contributed by atoms with Crippen molar-refractivity contribution in [3.63, 3.8) is 0 Å². The summed E-state index contributed by atoms with van der Waals surface area (Å²) in [5.41, 5.74) is -1.47. The topological polar surface area (TPSA) is 101 Å². The van der Waals surface area contributed by atoms with E-state index in [9.17, 15) is 14.0 Å². The Morgan fingerprint density at radius 3 is 2.82 bits per heavy atom. The average Bonchev–Trinajstić information content (AvgIpc) is 3.17. The van der Waals surface area contributed by atoms with E-state index in [-0.39, 0.29) is 13.0 Å². The number of aliphatic carboxylic acids is 1. The second kappa shape index (κ2) is 5.17. The molecule has 0 bridgehead atoms. The van der Waals surface area contributed by atoms with E-state index < -0.39 is 24.1 Å². The molecule has 1 N–H and O–H groups in total. The van der Waals surface area contributed by atoms with Crippen LogP contribution in [0.4, 0.5) is 4.39 Å². The van der Waals surface area contributed by atoms with Gasteiger partial charge in [0, 0.05) is 18.5 Å². The summed E-state index contributed by atoms with van der Waals surface area (Å²) in [5.74, 6) is -1.96. The Morgan fingerprint density at radius 2 is 2.18 bits per heavy atom. The lowest BCUT2D eigenvalue weighted by Gasteiger charge is -2.18. The van der Waals surface area contributed by atoms with E-state index in [4.69, 9.17) is 5.11 Å². The summed E-state index contributed by atoms with van der Waals surface area (Å²) < 4.78 is 15.4. The van der Waals surface area contributed by atoms with Crippen LogP contribution < -0.4 is 0 Å². The first-order chi connectivity index (χ1) is 10.5. The number of amides is 1. The summed E-state index contributed by atoms with van der Waals surface area (Å²) in [6, 6.07) is 6.51. The van der Waals surface area contributed by atoms with Gasteiger partial charge in [-0.15, -0.1) is 5.10 Å². The monoisotopic (exact) mass is 305 g/mol. The Balaban J connectivity index is 1.82. The number of alkyl halides is 1. The third-order valence-electron chi connectivity index (χ3n) is 3.60. The molecule has 1 aliphatic rings. The number of carboxylic acid groups (broad SMARTS) is 1. The number of tetrazole rings is 1. The Hall–Kier alpha value is -2.84. The van der Waals surface area contributed by atoms with Crippen LogP contribution in [0.3, 0.4) is 0 Å². The Bertz CT molecular complexity index is 720. The van der Waals surface area contributed by atoms with Gasteiger partial charge >= 0.3 is 5.97 Å². The molecule has 2 heterocycles. The van der Waals surface area contributed by atoms with Crippen LogP contribution in [0.1, 0.15) is 16.8 Å². The minimum Gasteiger partial charge on any atom is -0.479 e. The summed E-state index contributed by atoms with van der Waals surface area (Å²) in [7, 11) is 0. The number of halogens is 1. The molecule has 114 valence electrons. The highest BCUT2D eigenvalue weighted by molar-refractivity contribution is 5.95. The van der Waals surface area contributed by atoms with Crippen LogP contribution in [-0.4, -0.2) is 60.8 Å². The predicted molar refractivity (Wildman–Crippen MR) is 71.1 cm³/mol. The molecule has 1 amide bonds. The summed E-state index contributed by atoms with van der Waals surface area (Å²) in [6.07, 6.45) is 1.18. The summed E-state index contributed by atoms with van der Waals surface area (Å²) in [5, 5.41) is 19.6. The zero-order valence-corrected chi connectivity index (χ0v) is 11.4. The summed E-state index contributed by atoms with van der Waals surface area (Å²) in [4.78, 5) is 24.5. The van der Waals surface area contributed by atoms with Crippen LogP contribution >= 0.6 is 0 Å². The van der Waals surface area contributed by atoms with Gasteiger partial charge in [-0.2, -0.15) is 0 Å². The van der Waals surface area contributed by atoms with Crippen LogP contribution in [-0.2, 0) is 4.79 Å². The third kappa shape index (κ3) is 2.41. The summed E-state index contributed by atoms with van der Waals surface area (Å²) in [6.45, 7) is -0.382. The molecule has 2 aromatic rings. The Labute approximate surface area is 124 Å². The van der Waals surface area contributed by atoms with Crippen molar-refractivity contribution in [1.29, 1.82) is 0 Å². The zero-order chi connectivity index (χ0) is 15.7. The third-order valence-corrected chi connectivity index (χ3v) is 3.60. The highest BCUT2D eigenvalue weighted by Crippen LogP contribution is 2.27. The van der Waals surface area contributed by atoms with E-state index in [2.05, 4.69) is 15.5 Å². The van der Waals surface area contributed by atoms with Crippen molar-refractivity contribution in [2.45, 2.75) is 12.1 Å². The number of likely N-dealkylation sites (tertiary alicyclic amines) is 1.